The Labute approximate surface area is 303 Å². The monoisotopic (exact) mass is 667 g/mol. The topological polar surface area (TPSA) is 81.2 Å². The Morgan fingerprint density at radius 2 is 1.58 bits per heavy atom. The van der Waals surface area contributed by atoms with Crippen molar-refractivity contribution in [2.24, 2.45) is 0 Å². The predicted octanol–water partition coefficient (Wildman–Crippen LogP) is 11.3. The van der Waals surface area contributed by atoms with Gasteiger partial charge in [-0.25, -0.2) is 0 Å². The van der Waals surface area contributed by atoms with Crippen molar-refractivity contribution in [2.75, 3.05) is 0 Å². The molecule has 0 bridgehead atoms. The minimum Gasteiger partial charge on any atom is -0.312 e. The summed E-state index contributed by atoms with van der Waals surface area (Å²) in [4.78, 5) is 0. The molecule has 0 saturated carbocycles. The van der Waals surface area contributed by atoms with E-state index in [2.05, 4.69) is 101 Å². The summed E-state index contributed by atoms with van der Waals surface area (Å²) in [5.74, 6) is 0.0132. The van der Waals surface area contributed by atoms with Gasteiger partial charge in [0.2, 0.25) is 0 Å². The van der Waals surface area contributed by atoms with Gasteiger partial charge in [-0.2, -0.15) is 15.8 Å². The Hall–Kier alpha value is -7.13. The average Bonchev–Trinajstić information content (AvgIpc) is 3.58. The third kappa shape index (κ3) is 5.14. The second-order valence-corrected chi connectivity index (χ2v) is 12.9. The molecule has 0 radical (unpaired) electrons. The highest BCUT2D eigenvalue weighted by atomic mass is 15.0. The number of nitriles is 3. The maximum atomic E-state index is 10.5. The summed E-state index contributed by atoms with van der Waals surface area (Å²) in [5, 5.41) is 32.9. The van der Waals surface area contributed by atoms with Crippen molar-refractivity contribution >= 4 is 45.7 Å². The fraction of sp³-hybridized carbons (Fsp3) is 0.0851. The van der Waals surface area contributed by atoms with Gasteiger partial charge >= 0.3 is 0 Å². The molecule has 0 spiro atoms. The first-order valence-corrected chi connectivity index (χ1v) is 17.4. The number of benzene rings is 4. The molecular weight excluding hydrogens is 635 g/mol. The zero-order chi connectivity index (χ0) is 35.8. The number of fused-ring (bicyclic) bond motifs is 4. The second kappa shape index (κ2) is 13.3. The molecule has 6 aromatic rings. The van der Waals surface area contributed by atoms with Crippen LogP contribution in [0.25, 0.3) is 62.5 Å². The van der Waals surface area contributed by atoms with Crippen molar-refractivity contribution < 1.29 is 0 Å². The standard InChI is InChI=1S/C47H33N5/c1-3-11-38-39-14-5-7-16-43(39)51(42(38)4-2)36-23-20-32(21-24-36)37-25-22-33(27-35(37)30-50)47-34(29-49)13-10-19-46(47)52-44-17-8-6-15-40(44)41-26-31(28-48)12-9-18-45(41)52/h3-17,19-20,22-27,32H,2,18,21H2,1H3/b11-3-. The van der Waals surface area contributed by atoms with Crippen LogP contribution in [0, 0.1) is 34.0 Å². The number of hydrogen-bond acceptors (Lipinski definition) is 3. The molecule has 0 saturated heterocycles. The van der Waals surface area contributed by atoms with Gasteiger partial charge in [0.1, 0.15) is 0 Å². The van der Waals surface area contributed by atoms with E-state index in [1.165, 1.54) is 5.39 Å². The summed E-state index contributed by atoms with van der Waals surface area (Å²) in [6.45, 7) is 6.17. The molecule has 0 fully saturated rings. The van der Waals surface area contributed by atoms with Crippen LogP contribution < -0.4 is 0 Å². The van der Waals surface area contributed by atoms with Gasteiger partial charge in [0, 0.05) is 51.2 Å². The van der Waals surface area contributed by atoms with Crippen LogP contribution in [-0.4, -0.2) is 9.13 Å². The van der Waals surface area contributed by atoms with Crippen molar-refractivity contribution in [1.82, 2.24) is 9.13 Å². The van der Waals surface area contributed by atoms with Crippen LogP contribution in [0.3, 0.4) is 0 Å². The van der Waals surface area contributed by atoms with Crippen LogP contribution in [0.5, 0.6) is 0 Å². The number of allylic oxidation sites excluding steroid dienone is 8. The van der Waals surface area contributed by atoms with Gasteiger partial charge < -0.3 is 9.13 Å². The number of rotatable bonds is 6. The molecule has 1 unspecified atom stereocenters. The van der Waals surface area contributed by atoms with Crippen LogP contribution in [0.15, 0.2) is 134 Å². The largest absolute Gasteiger partial charge is 0.312 e. The summed E-state index contributed by atoms with van der Waals surface area (Å²) in [6, 6.07) is 35.6. The van der Waals surface area contributed by atoms with Crippen molar-refractivity contribution in [3.8, 4) is 35.0 Å². The Bertz CT molecular complexity index is 2750. The zero-order valence-corrected chi connectivity index (χ0v) is 28.7. The first-order chi connectivity index (χ1) is 25.6. The lowest BCUT2D eigenvalue weighted by molar-refractivity contribution is 0.845. The molecular formula is C47H33N5. The summed E-state index contributed by atoms with van der Waals surface area (Å²) in [7, 11) is 0. The minimum absolute atomic E-state index is 0.0132. The fourth-order valence-corrected chi connectivity index (χ4v) is 7.89. The highest BCUT2D eigenvalue weighted by Gasteiger charge is 2.24. The van der Waals surface area contributed by atoms with E-state index in [4.69, 9.17) is 0 Å². The smallest absolute Gasteiger partial charge is 0.0998 e. The summed E-state index contributed by atoms with van der Waals surface area (Å²) < 4.78 is 4.47. The van der Waals surface area contributed by atoms with E-state index in [0.717, 1.165) is 73.4 Å². The first-order valence-electron chi connectivity index (χ1n) is 17.4. The molecule has 52 heavy (non-hydrogen) atoms. The Kier molecular flexibility index (Phi) is 8.21. The Morgan fingerprint density at radius 1 is 0.808 bits per heavy atom. The molecule has 5 nitrogen and oxygen atoms in total. The van der Waals surface area contributed by atoms with Crippen LogP contribution in [0.4, 0.5) is 0 Å². The van der Waals surface area contributed by atoms with Crippen LogP contribution >= 0.6 is 0 Å². The molecule has 246 valence electrons. The maximum absolute atomic E-state index is 10.5. The maximum Gasteiger partial charge on any atom is 0.0998 e. The van der Waals surface area contributed by atoms with Gasteiger partial charge in [0.15, 0.2) is 0 Å². The van der Waals surface area contributed by atoms with Crippen molar-refractivity contribution in [2.45, 2.75) is 25.7 Å². The van der Waals surface area contributed by atoms with E-state index in [1.54, 1.807) is 0 Å². The minimum atomic E-state index is 0.0132. The van der Waals surface area contributed by atoms with Gasteiger partial charge in [-0.15, -0.1) is 0 Å². The molecule has 2 heterocycles. The van der Waals surface area contributed by atoms with E-state index in [-0.39, 0.29) is 5.92 Å². The number of nitrogens with zero attached hydrogens (tertiary/aromatic N) is 5. The zero-order valence-electron chi connectivity index (χ0n) is 28.7. The molecule has 1 atom stereocenters. The molecule has 0 N–H and O–H groups in total. The molecule has 2 aromatic heterocycles. The highest BCUT2D eigenvalue weighted by Crippen LogP contribution is 2.41. The highest BCUT2D eigenvalue weighted by molar-refractivity contribution is 5.98. The van der Waals surface area contributed by atoms with Crippen LogP contribution in [-0.2, 0) is 6.42 Å². The van der Waals surface area contributed by atoms with Crippen LogP contribution in [0.2, 0.25) is 0 Å². The summed E-state index contributed by atoms with van der Waals surface area (Å²) in [5.41, 5.74) is 12.5. The van der Waals surface area contributed by atoms with Crippen molar-refractivity contribution in [3.63, 3.8) is 0 Å². The number of aromatic nitrogens is 2. The van der Waals surface area contributed by atoms with Gasteiger partial charge in [-0.3, -0.25) is 0 Å². The molecule has 0 aliphatic heterocycles. The molecule has 2 aliphatic rings. The van der Waals surface area contributed by atoms with E-state index in [0.29, 0.717) is 23.1 Å². The van der Waals surface area contributed by atoms with E-state index < -0.39 is 0 Å². The molecule has 4 aromatic carbocycles. The average molecular weight is 668 g/mol. The third-order valence-corrected chi connectivity index (χ3v) is 10.1. The summed E-state index contributed by atoms with van der Waals surface area (Å²) >= 11 is 0. The Balaban J connectivity index is 1.21. The third-order valence-electron chi connectivity index (χ3n) is 10.1. The van der Waals surface area contributed by atoms with Gasteiger partial charge in [0.05, 0.1) is 57.3 Å². The lowest BCUT2D eigenvalue weighted by Crippen LogP contribution is -2.06. The normalized spacial score (nSPS) is 15.1. The molecule has 0 amide bonds. The second-order valence-electron chi connectivity index (χ2n) is 12.9. The molecule has 8 rings (SSSR count). The van der Waals surface area contributed by atoms with Crippen LogP contribution in [0.1, 0.15) is 58.5 Å². The molecule has 2 aliphatic carbocycles. The van der Waals surface area contributed by atoms with E-state index >= 15 is 0 Å². The predicted molar refractivity (Wildman–Crippen MR) is 212 cm³/mol. The molecule has 5 heteroatoms. The van der Waals surface area contributed by atoms with Gasteiger partial charge in [0.25, 0.3) is 0 Å². The van der Waals surface area contributed by atoms with Gasteiger partial charge in [-0.1, -0.05) is 91.6 Å². The quantitative estimate of drug-likeness (QED) is 0.177. The Morgan fingerprint density at radius 3 is 2.29 bits per heavy atom. The lowest BCUT2D eigenvalue weighted by atomic mass is 9.86. The SMILES string of the molecule is C=Cc1c(/C=C\C)c2ccccc2n1C1=CCC(c2ccc(-c3c(C#N)cccc3-n3c4c(c5ccccc53)C=C(C#N)C=CC4)cc2C#N)C=C1. The number of hydrogen-bond donors (Lipinski definition) is 0. The van der Waals surface area contributed by atoms with E-state index in [1.807, 2.05) is 79.8 Å². The first kappa shape index (κ1) is 32.1. The van der Waals surface area contributed by atoms with Crippen molar-refractivity contribution in [3.05, 3.63) is 173 Å². The number of para-hydroxylation sites is 2. The summed E-state index contributed by atoms with van der Waals surface area (Å²) in [6.07, 6.45) is 19.9. The van der Waals surface area contributed by atoms with E-state index in [9.17, 15) is 15.8 Å². The fourth-order valence-electron chi connectivity index (χ4n) is 7.89. The van der Waals surface area contributed by atoms with Crippen molar-refractivity contribution in [1.29, 1.82) is 15.8 Å². The van der Waals surface area contributed by atoms with Gasteiger partial charge in [-0.05, 0) is 79.1 Å². The lowest BCUT2D eigenvalue weighted by Gasteiger charge is -2.21.